The Morgan fingerprint density at radius 1 is 1.32 bits per heavy atom. The number of nitrogens with zero attached hydrogens (tertiary/aromatic N) is 3. The molecule has 8 heteroatoms. The van der Waals surface area contributed by atoms with Crippen molar-refractivity contribution in [3.8, 4) is 17.1 Å². The van der Waals surface area contributed by atoms with Gasteiger partial charge in [0.2, 0.25) is 0 Å². The fourth-order valence-corrected chi connectivity index (χ4v) is 2.28. The van der Waals surface area contributed by atoms with Gasteiger partial charge in [-0.15, -0.1) is 0 Å². The van der Waals surface area contributed by atoms with Gasteiger partial charge in [0.1, 0.15) is 23.0 Å². The summed E-state index contributed by atoms with van der Waals surface area (Å²) in [6.45, 7) is 0. The highest BCUT2D eigenvalue weighted by atomic mass is 35.5. The Hall–Kier alpha value is -3.19. The van der Waals surface area contributed by atoms with Crippen LogP contribution in [0.5, 0.6) is 5.75 Å². The number of carbonyl (C=O) groups excluding carboxylic acids is 1. The molecule has 0 aliphatic rings. The normalized spacial score (nSPS) is 10.8. The first-order valence-corrected chi connectivity index (χ1v) is 7.58. The Morgan fingerprint density at radius 2 is 2.20 bits per heavy atom. The van der Waals surface area contributed by atoms with Crippen molar-refractivity contribution in [3.63, 3.8) is 0 Å². The van der Waals surface area contributed by atoms with E-state index in [0.29, 0.717) is 22.3 Å². The fraction of sp³-hybridized carbons (Fsp3) is 0.0588. The maximum Gasteiger partial charge on any atom is 0.291 e. The van der Waals surface area contributed by atoms with Crippen LogP contribution < -0.4 is 10.2 Å². The summed E-state index contributed by atoms with van der Waals surface area (Å²) in [5.74, 6) is 1.22. The van der Waals surface area contributed by atoms with Crippen molar-refractivity contribution in [3.05, 3.63) is 65.4 Å². The topological polar surface area (TPSA) is 89.6 Å². The number of nitrogens with one attached hydrogen (secondary N) is 1. The van der Waals surface area contributed by atoms with E-state index in [0.717, 1.165) is 5.56 Å². The molecule has 2 heterocycles. The summed E-state index contributed by atoms with van der Waals surface area (Å²) in [6, 6.07) is 8.85. The molecule has 1 amide bonds. The van der Waals surface area contributed by atoms with Crippen molar-refractivity contribution in [1.29, 1.82) is 0 Å². The lowest BCUT2D eigenvalue weighted by molar-refractivity contribution is 0.0949. The molecule has 0 aliphatic heterocycles. The fourth-order valence-electron chi connectivity index (χ4n) is 2.03. The summed E-state index contributed by atoms with van der Waals surface area (Å²) in [5.41, 5.74) is 3.32. The minimum absolute atomic E-state index is 0.174. The maximum absolute atomic E-state index is 11.8. The molecule has 3 aromatic rings. The van der Waals surface area contributed by atoms with E-state index in [4.69, 9.17) is 20.8 Å². The molecule has 126 valence electrons. The van der Waals surface area contributed by atoms with Gasteiger partial charge in [-0.05, 0) is 30.3 Å². The third-order valence-electron chi connectivity index (χ3n) is 3.22. The van der Waals surface area contributed by atoms with E-state index in [1.165, 1.54) is 24.8 Å². The second-order valence-corrected chi connectivity index (χ2v) is 5.25. The van der Waals surface area contributed by atoms with Crippen LogP contribution in [0, 0.1) is 0 Å². The molecule has 0 fully saturated rings. The van der Waals surface area contributed by atoms with Crippen LogP contribution in [-0.2, 0) is 0 Å². The summed E-state index contributed by atoms with van der Waals surface area (Å²) < 4.78 is 10.8. The van der Waals surface area contributed by atoms with E-state index < -0.39 is 5.91 Å². The monoisotopic (exact) mass is 356 g/mol. The predicted octanol–water partition coefficient (Wildman–Crippen LogP) is 3.16. The highest BCUT2D eigenvalue weighted by molar-refractivity contribution is 6.32. The van der Waals surface area contributed by atoms with Crippen LogP contribution >= 0.6 is 11.6 Å². The van der Waals surface area contributed by atoms with E-state index in [1.807, 2.05) is 6.07 Å². The average molecular weight is 357 g/mol. The molecule has 25 heavy (non-hydrogen) atoms. The number of methoxy groups -OCH3 is 1. The Bertz CT molecular complexity index is 909. The zero-order valence-electron chi connectivity index (χ0n) is 13.1. The second-order valence-electron chi connectivity index (χ2n) is 4.84. The predicted molar refractivity (Wildman–Crippen MR) is 92.8 cm³/mol. The molecular formula is C17H13ClN4O3. The van der Waals surface area contributed by atoms with Gasteiger partial charge < -0.3 is 9.15 Å². The van der Waals surface area contributed by atoms with Crippen molar-refractivity contribution in [2.45, 2.75) is 0 Å². The van der Waals surface area contributed by atoms with Crippen LogP contribution in [0.4, 0.5) is 0 Å². The molecule has 0 atom stereocenters. The van der Waals surface area contributed by atoms with Crippen LogP contribution in [0.3, 0.4) is 0 Å². The highest BCUT2D eigenvalue weighted by Crippen LogP contribution is 2.30. The molecule has 0 radical (unpaired) electrons. The van der Waals surface area contributed by atoms with Crippen LogP contribution in [0.25, 0.3) is 11.3 Å². The molecular weight excluding hydrogens is 344 g/mol. The highest BCUT2D eigenvalue weighted by Gasteiger charge is 2.08. The van der Waals surface area contributed by atoms with Crippen LogP contribution in [-0.4, -0.2) is 29.2 Å². The van der Waals surface area contributed by atoms with Crippen LogP contribution in [0.1, 0.15) is 16.2 Å². The molecule has 0 bridgehead atoms. The molecule has 7 nitrogen and oxygen atoms in total. The first-order chi connectivity index (χ1) is 12.2. The van der Waals surface area contributed by atoms with Crippen molar-refractivity contribution in [1.82, 2.24) is 15.4 Å². The van der Waals surface area contributed by atoms with Gasteiger partial charge in [0.25, 0.3) is 5.91 Å². The van der Waals surface area contributed by atoms with Crippen LogP contribution in [0.15, 0.2) is 58.4 Å². The van der Waals surface area contributed by atoms with Crippen molar-refractivity contribution >= 4 is 23.7 Å². The van der Waals surface area contributed by atoms with Gasteiger partial charge >= 0.3 is 0 Å². The van der Waals surface area contributed by atoms with Crippen molar-refractivity contribution in [2.75, 3.05) is 7.11 Å². The first-order valence-electron chi connectivity index (χ1n) is 7.20. The summed E-state index contributed by atoms with van der Waals surface area (Å²) in [4.78, 5) is 19.5. The van der Waals surface area contributed by atoms with E-state index in [-0.39, 0.29) is 5.69 Å². The SMILES string of the molecule is COc1ccc(-c2ccc(C=NNC(=O)c3cnccn3)o2)cc1Cl. The number of hydrazone groups is 1. The number of hydrogen-bond acceptors (Lipinski definition) is 6. The molecule has 0 aliphatic carbocycles. The molecule has 1 aromatic carbocycles. The first kappa shape index (κ1) is 16.7. The van der Waals surface area contributed by atoms with Crippen molar-refractivity contribution in [2.24, 2.45) is 5.10 Å². The zero-order chi connectivity index (χ0) is 17.6. The molecule has 1 N–H and O–H groups in total. The Labute approximate surface area is 148 Å². The Kier molecular flexibility index (Phi) is 5.06. The van der Waals surface area contributed by atoms with Gasteiger partial charge in [-0.3, -0.25) is 9.78 Å². The van der Waals surface area contributed by atoms with Gasteiger partial charge in [0.15, 0.2) is 0 Å². The quantitative estimate of drug-likeness (QED) is 0.560. The van der Waals surface area contributed by atoms with Gasteiger partial charge in [-0.1, -0.05) is 11.6 Å². The minimum atomic E-state index is -0.460. The summed E-state index contributed by atoms with van der Waals surface area (Å²) in [7, 11) is 1.55. The largest absolute Gasteiger partial charge is 0.495 e. The third kappa shape index (κ3) is 4.02. The van der Waals surface area contributed by atoms with Crippen LogP contribution in [0.2, 0.25) is 5.02 Å². The smallest absolute Gasteiger partial charge is 0.291 e. The summed E-state index contributed by atoms with van der Waals surface area (Å²) in [5, 5.41) is 4.33. The summed E-state index contributed by atoms with van der Waals surface area (Å²) in [6.07, 6.45) is 5.65. The standard InChI is InChI=1S/C17H13ClN4O3/c1-24-16-4-2-11(8-13(16)18)15-5-3-12(25-15)9-21-22-17(23)14-10-19-6-7-20-14/h2-10H,1H3,(H,22,23). The maximum atomic E-state index is 11.8. The Balaban J connectivity index is 1.67. The van der Waals surface area contributed by atoms with Gasteiger partial charge in [0, 0.05) is 18.0 Å². The lowest BCUT2D eigenvalue weighted by Crippen LogP contribution is -2.18. The number of halogens is 1. The number of carbonyl (C=O) groups is 1. The van der Waals surface area contributed by atoms with Gasteiger partial charge in [0.05, 0.1) is 24.5 Å². The molecule has 2 aromatic heterocycles. The summed E-state index contributed by atoms with van der Waals surface area (Å²) >= 11 is 6.11. The Morgan fingerprint density at radius 3 is 2.92 bits per heavy atom. The molecule has 3 rings (SSSR count). The number of hydrogen-bond donors (Lipinski definition) is 1. The number of amides is 1. The number of aromatic nitrogens is 2. The molecule has 0 saturated heterocycles. The van der Waals surface area contributed by atoms with E-state index in [1.54, 1.807) is 31.4 Å². The molecule has 0 spiro atoms. The number of rotatable bonds is 5. The van der Waals surface area contributed by atoms with E-state index in [9.17, 15) is 4.79 Å². The van der Waals surface area contributed by atoms with E-state index >= 15 is 0 Å². The van der Waals surface area contributed by atoms with E-state index in [2.05, 4.69) is 20.5 Å². The molecule has 0 saturated carbocycles. The third-order valence-corrected chi connectivity index (χ3v) is 3.51. The van der Waals surface area contributed by atoms with Crippen molar-refractivity contribution < 1.29 is 13.9 Å². The minimum Gasteiger partial charge on any atom is -0.495 e. The lowest BCUT2D eigenvalue weighted by Gasteiger charge is -2.04. The zero-order valence-corrected chi connectivity index (χ0v) is 13.9. The average Bonchev–Trinajstić information content (AvgIpc) is 3.11. The lowest BCUT2D eigenvalue weighted by atomic mass is 10.2. The molecule has 0 unspecified atom stereocenters. The van der Waals surface area contributed by atoms with Gasteiger partial charge in [-0.2, -0.15) is 5.10 Å². The second kappa shape index (κ2) is 7.59. The number of ether oxygens (including phenoxy) is 1. The van der Waals surface area contributed by atoms with Gasteiger partial charge in [-0.25, -0.2) is 10.4 Å². The number of benzene rings is 1. The number of furan rings is 1.